The topological polar surface area (TPSA) is 211 Å². The Morgan fingerprint density at radius 2 is 1.26 bits per heavy atom. The first-order valence-corrected chi connectivity index (χ1v) is 21.6. The number of sulfonamides is 1. The van der Waals surface area contributed by atoms with Crippen molar-refractivity contribution in [1.82, 2.24) is 36.0 Å². The number of Topliss-reactive ketones (excluding diaryl/α,β-unsaturated/α-hetero) is 1. The van der Waals surface area contributed by atoms with Crippen LogP contribution in [0.5, 0.6) is 0 Å². The van der Waals surface area contributed by atoms with Crippen LogP contribution in [0.15, 0.2) is 0 Å². The van der Waals surface area contributed by atoms with E-state index in [-0.39, 0.29) is 55.1 Å². The van der Waals surface area contributed by atoms with Crippen LogP contribution in [0, 0.1) is 5.92 Å². The highest BCUT2D eigenvalue weighted by Gasteiger charge is 2.15. The van der Waals surface area contributed by atoms with Crippen LogP contribution in [0.1, 0.15) is 156 Å². The number of aryl methyl sites for hydroxylation is 1. The van der Waals surface area contributed by atoms with Crippen molar-refractivity contribution in [1.29, 1.82) is 0 Å². The molecule has 1 aromatic rings. The monoisotopic (exact) mass is 774 g/mol. The molecule has 4 N–H and O–H groups in total. The SMILES string of the molecule is CCOCC(=O)NCCCC[C@H](C)C(C)=O.CCOCCNC(=O)CCCS(=O)(=O)NC(=O)CCCCCCCCCCCCCCCc1nn[nH]n1. The fraction of sp³-hybridized carbons (Fsp3) is 0.865. The van der Waals surface area contributed by atoms with Crippen LogP contribution in [-0.4, -0.2) is 97.8 Å². The number of hydrogen-bond acceptors (Lipinski definition) is 11. The highest BCUT2D eigenvalue weighted by molar-refractivity contribution is 7.90. The maximum Gasteiger partial charge on any atom is 0.245 e. The Bertz CT molecular complexity index is 1170. The zero-order valence-electron chi connectivity index (χ0n) is 33.2. The number of H-pyrrole nitrogens is 1. The lowest BCUT2D eigenvalue weighted by Gasteiger charge is -2.08. The van der Waals surface area contributed by atoms with Crippen molar-refractivity contribution in [3.05, 3.63) is 5.82 Å². The number of hydrogen-bond donors (Lipinski definition) is 4. The molecule has 0 radical (unpaired) electrons. The smallest absolute Gasteiger partial charge is 0.245 e. The second-order valence-electron chi connectivity index (χ2n) is 13.4. The summed E-state index contributed by atoms with van der Waals surface area (Å²) < 4.78 is 36.2. The quantitative estimate of drug-likeness (QED) is 0.0676. The fourth-order valence-electron chi connectivity index (χ4n) is 5.25. The molecule has 1 atom stereocenters. The summed E-state index contributed by atoms with van der Waals surface area (Å²) in [5, 5.41) is 19.4. The normalized spacial score (nSPS) is 11.7. The number of unbranched alkanes of at least 4 members (excludes halogenated alkanes) is 13. The maximum atomic E-state index is 12.0. The van der Waals surface area contributed by atoms with Gasteiger partial charge < -0.3 is 20.1 Å². The van der Waals surface area contributed by atoms with Crippen LogP contribution >= 0.6 is 0 Å². The van der Waals surface area contributed by atoms with E-state index in [2.05, 4.69) is 36.0 Å². The average molecular weight is 774 g/mol. The van der Waals surface area contributed by atoms with E-state index in [0.717, 1.165) is 57.2 Å². The highest BCUT2D eigenvalue weighted by atomic mass is 32.2. The number of ketones is 1. The second-order valence-corrected chi connectivity index (χ2v) is 15.3. The highest BCUT2D eigenvalue weighted by Crippen LogP contribution is 2.14. The van der Waals surface area contributed by atoms with Gasteiger partial charge in [-0.1, -0.05) is 89.2 Å². The molecular formula is C37H71N7O8S. The van der Waals surface area contributed by atoms with Gasteiger partial charge in [-0.2, -0.15) is 5.21 Å². The Morgan fingerprint density at radius 3 is 1.83 bits per heavy atom. The molecule has 0 saturated carbocycles. The first-order valence-electron chi connectivity index (χ1n) is 20.0. The summed E-state index contributed by atoms with van der Waals surface area (Å²) in [6.45, 7) is 10.1. The fourth-order valence-corrected chi connectivity index (χ4v) is 6.32. The van der Waals surface area contributed by atoms with Crippen LogP contribution < -0.4 is 15.4 Å². The number of nitrogens with zero attached hydrogens (tertiary/aromatic N) is 3. The molecule has 0 unspecified atom stereocenters. The number of tetrazole rings is 1. The van der Waals surface area contributed by atoms with Crippen molar-refractivity contribution in [2.24, 2.45) is 5.92 Å². The molecule has 0 aliphatic carbocycles. The van der Waals surface area contributed by atoms with Crippen LogP contribution in [0.25, 0.3) is 0 Å². The molecule has 3 amide bonds. The summed E-state index contributed by atoms with van der Waals surface area (Å²) in [5.41, 5.74) is 0. The minimum absolute atomic E-state index is 0.0681. The summed E-state index contributed by atoms with van der Waals surface area (Å²) in [7, 11) is -3.70. The molecule has 0 fully saturated rings. The molecule has 53 heavy (non-hydrogen) atoms. The zero-order valence-corrected chi connectivity index (χ0v) is 34.0. The summed E-state index contributed by atoms with van der Waals surface area (Å²) in [4.78, 5) is 45.7. The predicted octanol–water partition coefficient (Wildman–Crippen LogP) is 5.12. The van der Waals surface area contributed by atoms with Gasteiger partial charge in [-0.25, -0.2) is 8.42 Å². The molecular weight excluding hydrogens is 703 g/mol. The van der Waals surface area contributed by atoms with Crippen molar-refractivity contribution in [3.63, 3.8) is 0 Å². The summed E-state index contributed by atoms with van der Waals surface area (Å²) >= 11 is 0. The molecule has 308 valence electrons. The van der Waals surface area contributed by atoms with E-state index < -0.39 is 15.9 Å². The van der Waals surface area contributed by atoms with Crippen LogP contribution in [-0.2, 0) is 45.1 Å². The molecule has 0 aromatic carbocycles. The van der Waals surface area contributed by atoms with Gasteiger partial charge in [0.1, 0.15) is 12.4 Å². The number of aromatic amines is 1. The number of ether oxygens (including phenoxy) is 2. The van der Waals surface area contributed by atoms with E-state index in [0.29, 0.717) is 39.3 Å². The molecule has 1 aromatic heterocycles. The van der Waals surface area contributed by atoms with Gasteiger partial charge in [0.05, 0.1) is 12.4 Å². The Kier molecular flexibility index (Phi) is 32.8. The Balaban J connectivity index is 0.00000141. The van der Waals surface area contributed by atoms with E-state index >= 15 is 0 Å². The molecule has 1 heterocycles. The maximum absolute atomic E-state index is 12.0. The lowest BCUT2D eigenvalue weighted by molar-refractivity contribution is -0.125. The van der Waals surface area contributed by atoms with Gasteiger partial charge in [-0.05, 0) is 52.9 Å². The number of rotatable bonds is 34. The van der Waals surface area contributed by atoms with Gasteiger partial charge >= 0.3 is 0 Å². The van der Waals surface area contributed by atoms with E-state index in [1.807, 2.05) is 20.8 Å². The molecule has 16 heteroatoms. The number of aromatic nitrogens is 4. The third-order valence-corrected chi connectivity index (χ3v) is 9.93. The van der Waals surface area contributed by atoms with Gasteiger partial charge in [0.2, 0.25) is 27.7 Å². The van der Waals surface area contributed by atoms with Crippen LogP contribution in [0.2, 0.25) is 0 Å². The van der Waals surface area contributed by atoms with Crippen molar-refractivity contribution in [2.45, 2.75) is 156 Å². The largest absolute Gasteiger partial charge is 0.380 e. The molecule has 0 saturated heterocycles. The number of carbonyl (C=O) groups excluding carboxylic acids is 4. The number of carbonyl (C=O) groups is 4. The lowest BCUT2D eigenvalue weighted by Crippen LogP contribution is -2.33. The molecule has 0 aliphatic heterocycles. The molecule has 1 rings (SSSR count). The zero-order chi connectivity index (χ0) is 39.4. The van der Waals surface area contributed by atoms with Crippen LogP contribution in [0.3, 0.4) is 0 Å². The summed E-state index contributed by atoms with van der Waals surface area (Å²) in [5.74, 6) is 0.192. The van der Waals surface area contributed by atoms with Gasteiger partial charge in [-0.3, -0.25) is 23.9 Å². The van der Waals surface area contributed by atoms with Gasteiger partial charge in [0, 0.05) is 51.5 Å². The minimum atomic E-state index is -3.70. The van der Waals surface area contributed by atoms with E-state index in [1.165, 1.54) is 51.4 Å². The number of nitrogens with one attached hydrogen (secondary N) is 4. The van der Waals surface area contributed by atoms with Crippen molar-refractivity contribution in [2.75, 3.05) is 45.3 Å². The Morgan fingerprint density at radius 1 is 0.698 bits per heavy atom. The lowest BCUT2D eigenvalue weighted by atomic mass is 10.0. The number of amides is 3. The average Bonchev–Trinajstić information content (AvgIpc) is 3.64. The van der Waals surface area contributed by atoms with E-state index in [4.69, 9.17) is 9.47 Å². The van der Waals surface area contributed by atoms with Gasteiger partial charge in [0.15, 0.2) is 5.82 Å². The summed E-state index contributed by atoms with van der Waals surface area (Å²) in [6, 6.07) is 0. The van der Waals surface area contributed by atoms with E-state index in [9.17, 15) is 27.6 Å². The van der Waals surface area contributed by atoms with Crippen LogP contribution in [0.4, 0.5) is 0 Å². The summed E-state index contributed by atoms with van der Waals surface area (Å²) in [6.07, 6.45) is 19.2. The Labute approximate surface area is 319 Å². The van der Waals surface area contributed by atoms with E-state index in [1.54, 1.807) is 6.92 Å². The minimum Gasteiger partial charge on any atom is -0.380 e. The second kappa shape index (κ2) is 34.8. The third kappa shape index (κ3) is 34.5. The first kappa shape index (κ1) is 50.0. The van der Waals surface area contributed by atoms with Gasteiger partial charge in [-0.15, -0.1) is 10.2 Å². The molecule has 0 spiro atoms. The standard InChI is InChI=1S/C25H48N6O5S.C12H23NO3/c1-2-36-21-20-26-24(32)19-16-22-37(34,35)29-25(33)18-15-13-11-9-7-5-3-4-6-8-10-12-14-17-23-27-30-31-28-23;1-4-16-9-12(15)13-8-6-5-7-10(2)11(3)14/h2-22H2,1H3,(H,26,32)(H,29,33)(H,27,28,30,31);10H,4-9H2,1-3H3,(H,13,15)/t;10-/m.0/s1. The Hall–Kier alpha value is -2.98. The van der Waals surface area contributed by atoms with Crippen molar-refractivity contribution >= 4 is 33.5 Å². The van der Waals surface area contributed by atoms with Gasteiger partial charge in [0.25, 0.3) is 0 Å². The van der Waals surface area contributed by atoms with Crippen molar-refractivity contribution < 1.29 is 37.1 Å². The first-order chi connectivity index (χ1) is 25.5. The third-order valence-electron chi connectivity index (χ3n) is 8.57. The predicted molar refractivity (Wildman–Crippen MR) is 206 cm³/mol. The molecule has 0 aliphatic rings. The molecule has 0 bridgehead atoms. The molecule has 15 nitrogen and oxygen atoms in total. The van der Waals surface area contributed by atoms with Crippen molar-refractivity contribution in [3.8, 4) is 0 Å².